The first-order valence-corrected chi connectivity index (χ1v) is 7.92. The maximum absolute atomic E-state index is 12.2. The number of esters is 1. The van der Waals surface area contributed by atoms with Gasteiger partial charge in [0.15, 0.2) is 0 Å². The molecule has 112 valence electrons. The molecule has 0 aromatic heterocycles. The number of hydrogen-bond donors (Lipinski definition) is 2. The van der Waals surface area contributed by atoms with Crippen LogP contribution >= 0.6 is 0 Å². The standard InChI is InChI=1S/C11H23N3O4S/c1-4-9(2)10(11(15)18-3)13-19(16,17)14-7-5-12-6-8-14/h9-10,12-13H,4-8H2,1-3H3. The molecule has 0 radical (unpaired) electrons. The number of carbonyl (C=O) groups excluding carboxylic acids is 1. The molecule has 0 saturated carbocycles. The summed E-state index contributed by atoms with van der Waals surface area (Å²) in [6.07, 6.45) is 0.684. The predicted molar refractivity (Wildman–Crippen MR) is 71.8 cm³/mol. The zero-order chi connectivity index (χ0) is 14.5. The van der Waals surface area contributed by atoms with Gasteiger partial charge in [-0.15, -0.1) is 0 Å². The van der Waals surface area contributed by atoms with Crippen LogP contribution in [0, 0.1) is 5.92 Å². The summed E-state index contributed by atoms with van der Waals surface area (Å²) in [4.78, 5) is 11.7. The van der Waals surface area contributed by atoms with Crippen LogP contribution in [0.2, 0.25) is 0 Å². The van der Waals surface area contributed by atoms with Crippen LogP contribution in [0.3, 0.4) is 0 Å². The van der Waals surface area contributed by atoms with Gasteiger partial charge in [-0.1, -0.05) is 20.3 Å². The lowest BCUT2D eigenvalue weighted by molar-refractivity contribution is -0.143. The molecule has 1 rings (SSSR count). The second-order valence-electron chi connectivity index (χ2n) is 4.66. The molecular weight excluding hydrogens is 270 g/mol. The van der Waals surface area contributed by atoms with Crippen LogP contribution < -0.4 is 10.0 Å². The predicted octanol–water partition coefficient (Wildman–Crippen LogP) is -0.686. The van der Waals surface area contributed by atoms with Gasteiger partial charge in [-0.25, -0.2) is 0 Å². The Kier molecular flexibility index (Phi) is 6.18. The lowest BCUT2D eigenvalue weighted by Gasteiger charge is -2.29. The maximum atomic E-state index is 12.2. The highest BCUT2D eigenvalue weighted by atomic mass is 32.2. The van der Waals surface area contributed by atoms with E-state index in [1.165, 1.54) is 11.4 Å². The lowest BCUT2D eigenvalue weighted by atomic mass is 10.0. The summed E-state index contributed by atoms with van der Waals surface area (Å²) in [6.45, 7) is 5.77. The van der Waals surface area contributed by atoms with E-state index in [0.29, 0.717) is 32.6 Å². The Morgan fingerprint density at radius 2 is 2.00 bits per heavy atom. The molecule has 0 spiro atoms. The molecule has 0 amide bonds. The van der Waals surface area contributed by atoms with Crippen molar-refractivity contribution in [3.8, 4) is 0 Å². The van der Waals surface area contributed by atoms with E-state index in [0.717, 1.165) is 0 Å². The third-order valence-corrected chi connectivity index (χ3v) is 4.96. The minimum absolute atomic E-state index is 0.120. The lowest BCUT2D eigenvalue weighted by Crippen LogP contribution is -2.55. The van der Waals surface area contributed by atoms with E-state index in [1.54, 1.807) is 0 Å². The molecule has 0 aromatic rings. The summed E-state index contributed by atoms with van der Waals surface area (Å²) >= 11 is 0. The van der Waals surface area contributed by atoms with Crippen molar-refractivity contribution in [2.24, 2.45) is 5.92 Å². The van der Waals surface area contributed by atoms with Crippen molar-refractivity contribution in [2.45, 2.75) is 26.3 Å². The van der Waals surface area contributed by atoms with Gasteiger partial charge in [0, 0.05) is 26.2 Å². The molecule has 1 heterocycles. The maximum Gasteiger partial charge on any atom is 0.324 e. The van der Waals surface area contributed by atoms with Gasteiger partial charge in [0.05, 0.1) is 7.11 Å². The van der Waals surface area contributed by atoms with Gasteiger partial charge in [0.2, 0.25) is 0 Å². The number of piperazine rings is 1. The van der Waals surface area contributed by atoms with E-state index in [4.69, 9.17) is 0 Å². The van der Waals surface area contributed by atoms with Crippen molar-refractivity contribution in [3.63, 3.8) is 0 Å². The first-order chi connectivity index (χ1) is 8.92. The Hall–Kier alpha value is -0.700. The Bertz CT molecular complexity index is 393. The normalized spacial score (nSPS) is 20.8. The highest BCUT2D eigenvalue weighted by molar-refractivity contribution is 7.87. The minimum Gasteiger partial charge on any atom is -0.468 e. The summed E-state index contributed by atoms with van der Waals surface area (Å²) in [5.41, 5.74) is 0. The fourth-order valence-electron chi connectivity index (χ4n) is 1.88. The number of nitrogens with zero attached hydrogens (tertiary/aromatic N) is 1. The fourth-order valence-corrected chi connectivity index (χ4v) is 3.34. The number of hydrogen-bond acceptors (Lipinski definition) is 5. The first kappa shape index (κ1) is 16.4. The summed E-state index contributed by atoms with van der Waals surface area (Å²) in [5, 5.41) is 3.08. The van der Waals surface area contributed by atoms with Crippen LogP contribution in [0.4, 0.5) is 0 Å². The molecule has 0 aliphatic carbocycles. The molecule has 0 bridgehead atoms. The van der Waals surface area contributed by atoms with Crippen molar-refractivity contribution < 1.29 is 17.9 Å². The minimum atomic E-state index is -3.65. The number of methoxy groups -OCH3 is 1. The molecule has 1 fully saturated rings. The van der Waals surface area contributed by atoms with Gasteiger partial charge in [0.25, 0.3) is 10.2 Å². The zero-order valence-corrected chi connectivity index (χ0v) is 12.5. The Balaban J connectivity index is 2.79. The van der Waals surface area contributed by atoms with Crippen molar-refractivity contribution in [2.75, 3.05) is 33.3 Å². The molecule has 1 aliphatic heterocycles. The fraction of sp³-hybridized carbons (Fsp3) is 0.909. The Morgan fingerprint density at radius 3 is 2.47 bits per heavy atom. The smallest absolute Gasteiger partial charge is 0.324 e. The average molecular weight is 293 g/mol. The van der Waals surface area contributed by atoms with Crippen LogP contribution in [-0.2, 0) is 19.7 Å². The summed E-state index contributed by atoms with van der Waals surface area (Å²) in [5.74, 6) is -0.668. The van der Waals surface area contributed by atoms with Crippen LogP contribution in [-0.4, -0.2) is 58.0 Å². The summed E-state index contributed by atoms with van der Waals surface area (Å²) in [6, 6.07) is -0.838. The molecule has 7 nitrogen and oxygen atoms in total. The van der Waals surface area contributed by atoms with Crippen molar-refractivity contribution in [1.29, 1.82) is 0 Å². The van der Waals surface area contributed by atoms with Gasteiger partial charge >= 0.3 is 5.97 Å². The third kappa shape index (κ3) is 4.41. The van der Waals surface area contributed by atoms with Crippen LogP contribution in [0.25, 0.3) is 0 Å². The molecule has 1 saturated heterocycles. The van der Waals surface area contributed by atoms with E-state index in [-0.39, 0.29) is 5.92 Å². The van der Waals surface area contributed by atoms with Crippen LogP contribution in [0.15, 0.2) is 0 Å². The van der Waals surface area contributed by atoms with Crippen LogP contribution in [0.5, 0.6) is 0 Å². The zero-order valence-electron chi connectivity index (χ0n) is 11.7. The van der Waals surface area contributed by atoms with E-state index in [9.17, 15) is 13.2 Å². The van der Waals surface area contributed by atoms with E-state index < -0.39 is 22.2 Å². The third-order valence-electron chi connectivity index (χ3n) is 3.36. The number of rotatable bonds is 6. The van der Waals surface area contributed by atoms with E-state index in [1.807, 2.05) is 13.8 Å². The molecular formula is C11H23N3O4S. The van der Waals surface area contributed by atoms with Crippen molar-refractivity contribution in [1.82, 2.24) is 14.3 Å². The molecule has 2 N–H and O–H groups in total. The second kappa shape index (κ2) is 7.18. The average Bonchev–Trinajstić information content (AvgIpc) is 2.44. The first-order valence-electron chi connectivity index (χ1n) is 6.48. The van der Waals surface area contributed by atoms with Gasteiger partial charge in [0.1, 0.15) is 6.04 Å². The van der Waals surface area contributed by atoms with E-state index in [2.05, 4.69) is 14.8 Å². The van der Waals surface area contributed by atoms with Gasteiger partial charge < -0.3 is 10.1 Å². The van der Waals surface area contributed by atoms with Gasteiger partial charge in [-0.2, -0.15) is 17.4 Å². The second-order valence-corrected chi connectivity index (χ2v) is 6.36. The van der Waals surface area contributed by atoms with Gasteiger partial charge in [-0.3, -0.25) is 4.79 Å². The molecule has 2 atom stereocenters. The van der Waals surface area contributed by atoms with Crippen LogP contribution in [0.1, 0.15) is 20.3 Å². The van der Waals surface area contributed by atoms with Crippen molar-refractivity contribution in [3.05, 3.63) is 0 Å². The number of ether oxygens (including phenoxy) is 1. The number of carbonyl (C=O) groups is 1. The quantitative estimate of drug-likeness (QED) is 0.633. The number of nitrogens with one attached hydrogen (secondary N) is 2. The highest BCUT2D eigenvalue weighted by Gasteiger charge is 2.33. The van der Waals surface area contributed by atoms with E-state index >= 15 is 0 Å². The van der Waals surface area contributed by atoms with Crippen molar-refractivity contribution >= 4 is 16.2 Å². The summed E-state index contributed by atoms with van der Waals surface area (Å²) in [7, 11) is -2.39. The summed E-state index contributed by atoms with van der Waals surface area (Å²) < 4.78 is 32.9. The molecule has 2 unspecified atom stereocenters. The monoisotopic (exact) mass is 293 g/mol. The SMILES string of the molecule is CCC(C)C(NS(=O)(=O)N1CCNCC1)C(=O)OC. The Morgan fingerprint density at radius 1 is 1.42 bits per heavy atom. The highest BCUT2D eigenvalue weighted by Crippen LogP contribution is 2.12. The molecule has 0 aromatic carbocycles. The Labute approximate surface area is 114 Å². The topological polar surface area (TPSA) is 87.7 Å². The molecule has 1 aliphatic rings. The largest absolute Gasteiger partial charge is 0.468 e. The molecule has 19 heavy (non-hydrogen) atoms. The van der Waals surface area contributed by atoms with Gasteiger partial charge in [-0.05, 0) is 5.92 Å². The molecule has 8 heteroatoms.